The van der Waals surface area contributed by atoms with Crippen LogP contribution >= 0.6 is 0 Å². The molecule has 0 bridgehead atoms. The Morgan fingerprint density at radius 3 is 2.47 bits per heavy atom. The number of carbonyl (C=O) groups is 1. The van der Waals surface area contributed by atoms with Gasteiger partial charge in [0, 0.05) is 0 Å². The largest absolute Gasteiger partial charge is 0.462 e. The lowest BCUT2D eigenvalue weighted by Gasteiger charge is -2.10. The summed E-state index contributed by atoms with van der Waals surface area (Å²) in [5, 5.41) is 5.14. The zero-order valence-corrected chi connectivity index (χ0v) is 12.2. The summed E-state index contributed by atoms with van der Waals surface area (Å²) >= 11 is 0. The van der Waals surface area contributed by atoms with Crippen LogP contribution in [0, 0.1) is 13.8 Å². The van der Waals surface area contributed by atoms with Gasteiger partial charge >= 0.3 is 5.97 Å². The number of sulfonamides is 1. The fourth-order valence-electron chi connectivity index (χ4n) is 1.63. The number of primary sulfonamides is 1. The number of carbonyl (C=O) groups excluding carboxylic acids is 1. The Hall–Kier alpha value is -1.40. The minimum atomic E-state index is -3.84. The van der Waals surface area contributed by atoms with Crippen molar-refractivity contribution in [1.82, 2.24) is 0 Å². The van der Waals surface area contributed by atoms with Crippen molar-refractivity contribution in [2.45, 2.75) is 38.5 Å². The zero-order chi connectivity index (χ0) is 14.6. The molecule has 2 N–H and O–H groups in total. The van der Waals surface area contributed by atoms with E-state index >= 15 is 0 Å². The van der Waals surface area contributed by atoms with Gasteiger partial charge in [0.1, 0.15) is 0 Å². The lowest BCUT2D eigenvalue weighted by Crippen LogP contribution is -2.16. The van der Waals surface area contributed by atoms with E-state index in [1.165, 1.54) is 6.07 Å². The smallest absolute Gasteiger partial charge is 0.338 e. The number of benzene rings is 1. The number of hydrogen-bond acceptors (Lipinski definition) is 4. The number of aryl methyl sites for hydroxylation is 1. The molecule has 0 amide bonds. The molecule has 19 heavy (non-hydrogen) atoms. The number of hydrogen-bond donors (Lipinski definition) is 1. The number of unbranched alkanes of at least 4 members (excludes halogenated alkanes) is 1. The van der Waals surface area contributed by atoms with Crippen molar-refractivity contribution >= 4 is 16.0 Å². The fraction of sp³-hybridized carbons (Fsp3) is 0.462. The minimum absolute atomic E-state index is 0.0325. The van der Waals surface area contributed by atoms with Crippen molar-refractivity contribution in [1.29, 1.82) is 0 Å². The summed E-state index contributed by atoms with van der Waals surface area (Å²) in [5.74, 6) is -0.526. The molecule has 6 heteroatoms. The molecule has 0 spiro atoms. The Bertz CT molecular complexity index is 579. The second kappa shape index (κ2) is 6.16. The number of rotatable bonds is 5. The predicted molar refractivity (Wildman–Crippen MR) is 72.5 cm³/mol. The van der Waals surface area contributed by atoms with E-state index in [0.29, 0.717) is 17.7 Å². The van der Waals surface area contributed by atoms with Crippen molar-refractivity contribution < 1.29 is 17.9 Å². The maximum absolute atomic E-state index is 11.8. The molecule has 0 aliphatic heterocycles. The SMILES string of the molecule is CCCCOC(=O)c1cc(C)c(C)c(S(N)(=O)=O)c1. The van der Waals surface area contributed by atoms with Crippen LogP contribution in [0.2, 0.25) is 0 Å². The number of ether oxygens (including phenoxy) is 1. The van der Waals surface area contributed by atoms with Crippen molar-refractivity contribution in [3.63, 3.8) is 0 Å². The Morgan fingerprint density at radius 1 is 1.32 bits per heavy atom. The predicted octanol–water partition coefficient (Wildman–Crippen LogP) is 1.91. The van der Waals surface area contributed by atoms with Gasteiger partial charge in [0.2, 0.25) is 10.0 Å². The van der Waals surface area contributed by atoms with Crippen LogP contribution in [0.25, 0.3) is 0 Å². The Kier molecular flexibility index (Phi) is 5.08. The molecule has 0 aromatic heterocycles. The third-order valence-corrected chi connectivity index (χ3v) is 3.93. The van der Waals surface area contributed by atoms with E-state index in [0.717, 1.165) is 12.8 Å². The van der Waals surface area contributed by atoms with Gasteiger partial charge in [-0.25, -0.2) is 18.4 Å². The van der Waals surface area contributed by atoms with Crippen LogP contribution in [0.3, 0.4) is 0 Å². The van der Waals surface area contributed by atoms with Crippen LogP contribution in [0.15, 0.2) is 17.0 Å². The van der Waals surface area contributed by atoms with E-state index in [2.05, 4.69) is 0 Å². The fourth-order valence-corrected chi connectivity index (χ4v) is 2.51. The standard InChI is InChI=1S/C13H19NO4S/c1-4-5-6-18-13(15)11-7-9(2)10(3)12(8-11)19(14,16)17/h7-8H,4-6H2,1-3H3,(H2,14,16,17). The first-order valence-electron chi connectivity index (χ1n) is 6.08. The second-order valence-electron chi connectivity index (χ2n) is 4.45. The first-order valence-corrected chi connectivity index (χ1v) is 7.63. The highest BCUT2D eigenvalue weighted by atomic mass is 32.2. The molecular formula is C13H19NO4S. The van der Waals surface area contributed by atoms with Crippen LogP contribution in [0.1, 0.15) is 41.3 Å². The average molecular weight is 285 g/mol. The van der Waals surface area contributed by atoms with Crippen LogP contribution in [0.5, 0.6) is 0 Å². The monoisotopic (exact) mass is 285 g/mol. The molecule has 0 heterocycles. The molecule has 0 unspecified atom stereocenters. The molecule has 0 saturated carbocycles. The van der Waals surface area contributed by atoms with Gasteiger partial charge in [-0.3, -0.25) is 0 Å². The first kappa shape index (κ1) is 15.7. The van der Waals surface area contributed by atoms with E-state index < -0.39 is 16.0 Å². The highest BCUT2D eigenvalue weighted by Crippen LogP contribution is 2.20. The summed E-state index contributed by atoms with van der Waals surface area (Å²) in [6.07, 6.45) is 1.70. The van der Waals surface area contributed by atoms with Crippen molar-refractivity contribution in [2.75, 3.05) is 6.61 Å². The Labute approximate surface area is 113 Å². The normalized spacial score (nSPS) is 11.4. The molecule has 0 aliphatic carbocycles. The first-order chi connectivity index (χ1) is 8.77. The lowest BCUT2D eigenvalue weighted by molar-refractivity contribution is 0.0499. The van der Waals surface area contributed by atoms with Gasteiger partial charge in [-0.2, -0.15) is 0 Å². The summed E-state index contributed by atoms with van der Waals surface area (Å²) in [6.45, 7) is 5.70. The Balaban J connectivity index is 3.11. The number of nitrogens with two attached hydrogens (primary N) is 1. The van der Waals surface area contributed by atoms with Gasteiger partial charge in [-0.15, -0.1) is 0 Å². The summed E-state index contributed by atoms with van der Waals surface area (Å²) in [6, 6.07) is 2.88. The molecule has 0 atom stereocenters. The van der Waals surface area contributed by atoms with Crippen LogP contribution in [0.4, 0.5) is 0 Å². The van der Waals surface area contributed by atoms with Gasteiger partial charge in [0.05, 0.1) is 17.1 Å². The van der Waals surface area contributed by atoms with Crippen LogP contribution in [-0.4, -0.2) is 21.0 Å². The summed E-state index contributed by atoms with van der Waals surface area (Å²) in [7, 11) is -3.84. The van der Waals surface area contributed by atoms with Crippen molar-refractivity contribution in [3.8, 4) is 0 Å². The molecule has 5 nitrogen and oxygen atoms in total. The minimum Gasteiger partial charge on any atom is -0.462 e. The van der Waals surface area contributed by atoms with Gasteiger partial charge in [0.25, 0.3) is 0 Å². The summed E-state index contributed by atoms with van der Waals surface area (Å²) < 4.78 is 28.0. The third kappa shape index (κ3) is 4.04. The van der Waals surface area contributed by atoms with Crippen molar-refractivity contribution in [2.24, 2.45) is 5.14 Å². The molecule has 106 valence electrons. The molecule has 0 fully saturated rings. The maximum Gasteiger partial charge on any atom is 0.338 e. The van der Waals surface area contributed by atoms with E-state index in [9.17, 15) is 13.2 Å². The molecule has 0 saturated heterocycles. The van der Waals surface area contributed by atoms with Crippen molar-refractivity contribution in [3.05, 3.63) is 28.8 Å². The molecular weight excluding hydrogens is 266 g/mol. The molecule has 1 rings (SSSR count). The lowest BCUT2D eigenvalue weighted by atomic mass is 10.1. The summed E-state index contributed by atoms with van der Waals surface area (Å²) in [4.78, 5) is 11.8. The number of esters is 1. The highest BCUT2D eigenvalue weighted by molar-refractivity contribution is 7.89. The second-order valence-corrected chi connectivity index (χ2v) is 5.98. The highest BCUT2D eigenvalue weighted by Gasteiger charge is 2.18. The molecule has 1 aromatic carbocycles. The van der Waals surface area contributed by atoms with Gasteiger partial charge in [0.15, 0.2) is 0 Å². The van der Waals surface area contributed by atoms with Crippen LogP contribution < -0.4 is 5.14 Å². The maximum atomic E-state index is 11.8. The molecule has 0 aliphatic rings. The molecule has 0 radical (unpaired) electrons. The van der Waals surface area contributed by atoms with Gasteiger partial charge in [-0.05, 0) is 43.5 Å². The molecule has 1 aromatic rings. The Morgan fingerprint density at radius 2 is 1.95 bits per heavy atom. The zero-order valence-electron chi connectivity index (χ0n) is 11.4. The van der Waals surface area contributed by atoms with E-state index in [1.54, 1.807) is 19.9 Å². The van der Waals surface area contributed by atoms with Gasteiger partial charge in [-0.1, -0.05) is 13.3 Å². The third-order valence-electron chi connectivity index (χ3n) is 2.89. The topological polar surface area (TPSA) is 86.5 Å². The van der Waals surface area contributed by atoms with E-state index in [-0.39, 0.29) is 10.5 Å². The van der Waals surface area contributed by atoms with E-state index in [1.807, 2.05) is 6.92 Å². The van der Waals surface area contributed by atoms with E-state index in [4.69, 9.17) is 9.88 Å². The van der Waals surface area contributed by atoms with Crippen LogP contribution in [-0.2, 0) is 14.8 Å². The quantitative estimate of drug-likeness (QED) is 0.661. The summed E-state index contributed by atoms with van der Waals surface area (Å²) in [5.41, 5.74) is 1.45. The average Bonchev–Trinajstić information content (AvgIpc) is 2.31. The van der Waals surface area contributed by atoms with Gasteiger partial charge < -0.3 is 4.74 Å².